The summed E-state index contributed by atoms with van der Waals surface area (Å²) in [7, 11) is 0. The summed E-state index contributed by atoms with van der Waals surface area (Å²) in [6, 6.07) is 11.7. The summed E-state index contributed by atoms with van der Waals surface area (Å²) in [5.74, 6) is 2.33. The van der Waals surface area contributed by atoms with Gasteiger partial charge in [-0.3, -0.25) is 9.59 Å². The van der Waals surface area contributed by atoms with E-state index in [1.54, 1.807) is 0 Å². The molecule has 1 aromatic carbocycles. The highest BCUT2D eigenvalue weighted by molar-refractivity contribution is 7.17. The molecule has 4 saturated carbocycles. The first-order chi connectivity index (χ1) is 14.6. The van der Waals surface area contributed by atoms with E-state index in [1.807, 2.05) is 41.8 Å². The molecule has 0 unspecified atom stereocenters. The normalized spacial score (nSPS) is 29.4. The predicted molar refractivity (Wildman–Crippen MR) is 119 cm³/mol. The molecule has 1 N–H and O–H groups in total. The number of aromatic nitrogens is 2. The number of carbonyl (C=O) groups excluding carboxylic acids is 1. The van der Waals surface area contributed by atoms with Crippen molar-refractivity contribution in [1.29, 1.82) is 0 Å². The molecule has 6 heteroatoms. The minimum absolute atomic E-state index is 0.0820. The second kappa shape index (κ2) is 6.77. The average molecular weight is 420 g/mol. The average Bonchev–Trinajstić information content (AvgIpc) is 3.19. The van der Waals surface area contributed by atoms with Gasteiger partial charge in [0, 0.05) is 17.4 Å². The lowest BCUT2D eigenvalue weighted by Crippen LogP contribution is -2.48. The quantitative estimate of drug-likeness (QED) is 0.661. The Morgan fingerprint density at radius 3 is 2.40 bits per heavy atom. The van der Waals surface area contributed by atoms with Crippen molar-refractivity contribution in [3.63, 3.8) is 0 Å². The maximum Gasteiger partial charge on any atom is 0.304 e. The summed E-state index contributed by atoms with van der Waals surface area (Å²) < 4.78 is 0.624. The lowest BCUT2D eigenvalue weighted by molar-refractivity contribution is -0.125. The third kappa shape index (κ3) is 3.00. The maximum atomic E-state index is 13.1. The first kappa shape index (κ1) is 18.3. The predicted octanol–water partition coefficient (Wildman–Crippen LogP) is 4.80. The minimum atomic E-state index is -0.251. The van der Waals surface area contributed by atoms with Crippen LogP contribution >= 0.6 is 11.3 Å². The van der Waals surface area contributed by atoms with Gasteiger partial charge in [0.25, 0.3) is 0 Å². The Morgan fingerprint density at radius 1 is 1.07 bits per heavy atom. The Morgan fingerprint density at radius 2 is 1.73 bits per heavy atom. The summed E-state index contributed by atoms with van der Waals surface area (Å²) in [6.45, 7) is 0. The van der Waals surface area contributed by atoms with Crippen molar-refractivity contribution in [2.24, 2.45) is 23.2 Å². The van der Waals surface area contributed by atoms with Gasteiger partial charge >= 0.3 is 5.56 Å². The first-order valence-corrected chi connectivity index (χ1v) is 11.8. The number of fused-ring (bicyclic) bond motifs is 1. The van der Waals surface area contributed by atoms with Crippen LogP contribution in [0, 0.1) is 23.2 Å². The maximum absolute atomic E-state index is 13.1. The van der Waals surface area contributed by atoms with E-state index in [9.17, 15) is 9.59 Å². The van der Waals surface area contributed by atoms with Crippen LogP contribution < -0.4 is 11.0 Å². The number of nitrogens with zero attached hydrogens (tertiary/aromatic N) is 2. The molecule has 154 valence electrons. The van der Waals surface area contributed by atoms with Crippen molar-refractivity contribution < 1.29 is 4.79 Å². The zero-order valence-corrected chi connectivity index (χ0v) is 17.7. The fourth-order valence-corrected chi connectivity index (χ4v) is 7.67. The molecule has 7 rings (SSSR count). The smallest absolute Gasteiger partial charge is 0.273 e. The Bertz CT molecular complexity index is 1140. The van der Waals surface area contributed by atoms with E-state index >= 15 is 0 Å². The van der Waals surface area contributed by atoms with Gasteiger partial charge in [-0.15, -0.1) is 21.2 Å². The third-order valence-corrected chi connectivity index (χ3v) is 8.39. The van der Waals surface area contributed by atoms with E-state index < -0.39 is 0 Å². The number of carbonyl (C=O) groups is 1. The van der Waals surface area contributed by atoms with E-state index in [0.29, 0.717) is 11.1 Å². The molecule has 4 fully saturated rings. The number of hydrogen-bond donors (Lipinski definition) is 1. The number of benzene rings is 1. The first-order valence-electron chi connectivity index (χ1n) is 10.9. The van der Waals surface area contributed by atoms with E-state index in [4.69, 9.17) is 0 Å². The van der Waals surface area contributed by atoms with Crippen LogP contribution in [-0.4, -0.2) is 15.8 Å². The highest BCUT2D eigenvalue weighted by atomic mass is 32.1. The van der Waals surface area contributed by atoms with Gasteiger partial charge in [0.05, 0.1) is 0 Å². The molecular weight excluding hydrogens is 394 g/mol. The van der Waals surface area contributed by atoms with Gasteiger partial charge in [0.15, 0.2) is 0 Å². The fraction of sp³-hybridized carbons (Fsp3) is 0.458. The third-order valence-electron chi connectivity index (χ3n) is 7.49. The second-order valence-corrected chi connectivity index (χ2v) is 10.6. The van der Waals surface area contributed by atoms with E-state index in [-0.39, 0.29) is 16.9 Å². The van der Waals surface area contributed by atoms with Gasteiger partial charge in [0.2, 0.25) is 5.91 Å². The molecule has 0 saturated heterocycles. The van der Waals surface area contributed by atoms with Crippen molar-refractivity contribution in [3.05, 3.63) is 52.1 Å². The van der Waals surface area contributed by atoms with Crippen molar-refractivity contribution in [1.82, 2.24) is 9.89 Å². The summed E-state index contributed by atoms with van der Waals surface area (Å²) in [4.78, 5) is 27.2. The lowest BCUT2D eigenvalue weighted by atomic mass is 9.49. The standard InChI is InChI=1S/C24H25N3O2S/c28-20(14-24-11-15-8-16(12-24)10-17(9-15)13-24)25-27-23(29)22-19(6-7-30-22)21(26-27)18-4-2-1-3-5-18/h1-7,15-17H,8-14H2,(H,25,28). The van der Waals surface area contributed by atoms with Crippen LogP contribution in [0.3, 0.4) is 0 Å². The molecule has 5 nitrogen and oxygen atoms in total. The van der Waals surface area contributed by atoms with E-state index in [0.717, 1.165) is 34.4 Å². The van der Waals surface area contributed by atoms with Crippen LogP contribution in [0.15, 0.2) is 46.6 Å². The topological polar surface area (TPSA) is 64.0 Å². The molecule has 30 heavy (non-hydrogen) atoms. The molecule has 2 heterocycles. The largest absolute Gasteiger partial charge is 0.304 e. The van der Waals surface area contributed by atoms with Crippen molar-refractivity contribution >= 4 is 27.3 Å². The second-order valence-electron chi connectivity index (χ2n) is 9.72. The van der Waals surface area contributed by atoms with Crippen LogP contribution in [0.4, 0.5) is 0 Å². The highest BCUT2D eigenvalue weighted by Crippen LogP contribution is 2.61. The van der Waals surface area contributed by atoms with Gasteiger partial charge in [-0.25, -0.2) is 5.43 Å². The molecule has 3 aromatic rings. The lowest BCUT2D eigenvalue weighted by Gasteiger charge is -2.56. The zero-order chi connectivity index (χ0) is 20.3. The van der Waals surface area contributed by atoms with Gasteiger partial charge in [0.1, 0.15) is 10.4 Å². The van der Waals surface area contributed by atoms with Crippen molar-refractivity contribution in [2.75, 3.05) is 5.43 Å². The van der Waals surface area contributed by atoms with Gasteiger partial charge < -0.3 is 0 Å². The number of hydrogen-bond acceptors (Lipinski definition) is 4. The van der Waals surface area contributed by atoms with Crippen LogP contribution in [0.25, 0.3) is 21.3 Å². The number of amides is 1. The number of thiophene rings is 1. The highest BCUT2D eigenvalue weighted by Gasteiger charge is 2.51. The molecule has 0 radical (unpaired) electrons. The monoisotopic (exact) mass is 419 g/mol. The SMILES string of the molecule is O=C(CC12CC3CC(CC(C3)C1)C2)Nn1nc(-c2ccccc2)c2ccsc2c1=O. The van der Waals surface area contributed by atoms with E-state index in [2.05, 4.69) is 10.5 Å². The van der Waals surface area contributed by atoms with Crippen LogP contribution in [0.2, 0.25) is 0 Å². The van der Waals surface area contributed by atoms with Gasteiger partial charge in [-0.05, 0) is 73.1 Å². The summed E-state index contributed by atoms with van der Waals surface area (Å²) >= 11 is 1.39. The molecule has 4 aliphatic rings. The molecule has 0 spiro atoms. The molecule has 4 bridgehead atoms. The Labute approximate surface area is 179 Å². The minimum Gasteiger partial charge on any atom is -0.273 e. The number of rotatable bonds is 4. The fourth-order valence-electron chi connectivity index (χ4n) is 6.85. The summed E-state index contributed by atoms with van der Waals surface area (Å²) in [5, 5.41) is 7.30. The number of nitrogens with one attached hydrogen (secondary N) is 1. The van der Waals surface area contributed by atoms with Gasteiger partial charge in [-0.2, -0.15) is 0 Å². The summed E-state index contributed by atoms with van der Waals surface area (Å²) in [6.07, 6.45) is 8.11. The van der Waals surface area contributed by atoms with Crippen LogP contribution in [0.5, 0.6) is 0 Å². The van der Waals surface area contributed by atoms with Crippen LogP contribution in [0.1, 0.15) is 44.9 Å². The summed E-state index contributed by atoms with van der Waals surface area (Å²) in [5.41, 5.74) is 4.38. The Hall–Kier alpha value is -2.47. The van der Waals surface area contributed by atoms with Crippen molar-refractivity contribution in [2.45, 2.75) is 44.9 Å². The Kier molecular flexibility index (Phi) is 4.13. The van der Waals surface area contributed by atoms with Crippen LogP contribution in [-0.2, 0) is 4.79 Å². The van der Waals surface area contributed by atoms with Gasteiger partial charge in [-0.1, -0.05) is 30.3 Å². The molecule has 2 aromatic heterocycles. The molecule has 4 aliphatic carbocycles. The molecule has 0 aliphatic heterocycles. The molecule has 1 amide bonds. The molecule has 0 atom stereocenters. The van der Waals surface area contributed by atoms with E-state index in [1.165, 1.54) is 54.7 Å². The van der Waals surface area contributed by atoms with Crippen molar-refractivity contribution in [3.8, 4) is 11.3 Å². The molecular formula is C24H25N3O2S. The Balaban J connectivity index is 1.31. The zero-order valence-electron chi connectivity index (χ0n) is 16.8.